The second-order valence-electron chi connectivity index (χ2n) is 4.70. The Bertz CT molecular complexity index is 557. The third-order valence-corrected chi connectivity index (χ3v) is 4.25. The van der Waals surface area contributed by atoms with Gasteiger partial charge in [-0.3, -0.25) is 4.79 Å². The summed E-state index contributed by atoms with van der Waals surface area (Å²) in [6, 6.07) is 17.9. The number of halogens is 1. The van der Waals surface area contributed by atoms with Crippen molar-refractivity contribution >= 4 is 29.3 Å². The molecule has 0 bridgehead atoms. The standard InChI is InChI=1S/C17H18ClNOS/c18-16-8-6-14(7-9-16)10-11-19-17(20)13-21-12-15-4-2-1-3-5-15/h1-9H,10-13H2,(H,19,20). The predicted octanol–water partition coefficient (Wildman–Crippen LogP) is 3.93. The lowest BCUT2D eigenvalue weighted by Crippen LogP contribution is -2.27. The van der Waals surface area contributed by atoms with Crippen molar-refractivity contribution in [3.05, 3.63) is 70.7 Å². The van der Waals surface area contributed by atoms with E-state index in [2.05, 4.69) is 17.4 Å². The summed E-state index contributed by atoms with van der Waals surface area (Å²) < 4.78 is 0. The zero-order valence-electron chi connectivity index (χ0n) is 11.7. The Balaban J connectivity index is 1.60. The molecule has 1 N–H and O–H groups in total. The fourth-order valence-corrected chi connectivity index (χ4v) is 2.83. The van der Waals surface area contributed by atoms with Crippen LogP contribution in [0.25, 0.3) is 0 Å². The summed E-state index contributed by atoms with van der Waals surface area (Å²) in [7, 11) is 0. The summed E-state index contributed by atoms with van der Waals surface area (Å²) in [6.45, 7) is 0.659. The maximum Gasteiger partial charge on any atom is 0.230 e. The zero-order valence-corrected chi connectivity index (χ0v) is 13.3. The second kappa shape index (κ2) is 8.75. The lowest BCUT2D eigenvalue weighted by molar-refractivity contribution is -0.118. The molecule has 0 atom stereocenters. The molecule has 0 aliphatic rings. The minimum Gasteiger partial charge on any atom is -0.355 e. The van der Waals surface area contributed by atoms with E-state index in [1.165, 1.54) is 11.1 Å². The molecule has 21 heavy (non-hydrogen) atoms. The van der Waals surface area contributed by atoms with Crippen LogP contribution in [0.3, 0.4) is 0 Å². The maximum absolute atomic E-state index is 11.7. The first-order chi connectivity index (χ1) is 10.2. The largest absolute Gasteiger partial charge is 0.355 e. The third kappa shape index (κ3) is 6.23. The van der Waals surface area contributed by atoms with Gasteiger partial charge in [0.2, 0.25) is 5.91 Å². The van der Waals surface area contributed by atoms with Gasteiger partial charge in [-0.2, -0.15) is 0 Å². The first-order valence-corrected chi connectivity index (χ1v) is 8.40. The molecule has 0 aliphatic heterocycles. The summed E-state index contributed by atoms with van der Waals surface area (Å²) in [6.07, 6.45) is 0.826. The van der Waals surface area contributed by atoms with Crippen LogP contribution in [0.15, 0.2) is 54.6 Å². The SMILES string of the molecule is O=C(CSCc1ccccc1)NCCc1ccc(Cl)cc1. The van der Waals surface area contributed by atoms with Crippen LogP contribution in [0.2, 0.25) is 5.02 Å². The monoisotopic (exact) mass is 319 g/mol. The van der Waals surface area contributed by atoms with Crippen LogP contribution in [0.1, 0.15) is 11.1 Å². The van der Waals surface area contributed by atoms with Crippen LogP contribution in [-0.4, -0.2) is 18.2 Å². The summed E-state index contributed by atoms with van der Waals surface area (Å²) >= 11 is 7.46. The van der Waals surface area contributed by atoms with Gasteiger partial charge in [0, 0.05) is 17.3 Å². The van der Waals surface area contributed by atoms with E-state index in [9.17, 15) is 4.79 Å². The van der Waals surface area contributed by atoms with Gasteiger partial charge in [-0.15, -0.1) is 11.8 Å². The van der Waals surface area contributed by atoms with Crippen LogP contribution in [0, 0.1) is 0 Å². The lowest BCUT2D eigenvalue weighted by atomic mass is 10.1. The van der Waals surface area contributed by atoms with Gasteiger partial charge in [-0.25, -0.2) is 0 Å². The number of thioether (sulfide) groups is 1. The minimum atomic E-state index is 0.0879. The van der Waals surface area contributed by atoms with Crippen molar-refractivity contribution in [3.8, 4) is 0 Å². The molecular formula is C17H18ClNOS. The predicted molar refractivity (Wildman–Crippen MR) is 90.8 cm³/mol. The van der Waals surface area contributed by atoms with Gasteiger partial charge in [0.25, 0.3) is 0 Å². The Hall–Kier alpha value is -1.45. The fourth-order valence-electron chi connectivity index (χ4n) is 1.88. The number of hydrogen-bond donors (Lipinski definition) is 1. The average molecular weight is 320 g/mol. The summed E-state index contributed by atoms with van der Waals surface area (Å²) in [5.74, 6) is 1.45. The first-order valence-electron chi connectivity index (χ1n) is 6.87. The summed E-state index contributed by atoms with van der Waals surface area (Å²) in [5.41, 5.74) is 2.42. The van der Waals surface area contributed by atoms with Gasteiger partial charge < -0.3 is 5.32 Å². The molecule has 0 unspecified atom stereocenters. The van der Waals surface area contributed by atoms with Crippen molar-refractivity contribution in [1.29, 1.82) is 0 Å². The molecule has 2 aromatic rings. The molecule has 0 aromatic heterocycles. The van der Waals surface area contributed by atoms with Crippen molar-refractivity contribution in [2.75, 3.05) is 12.3 Å². The Morgan fingerprint density at radius 2 is 1.71 bits per heavy atom. The normalized spacial score (nSPS) is 10.3. The summed E-state index contributed by atoms with van der Waals surface area (Å²) in [5, 5.41) is 3.68. The number of carbonyl (C=O) groups excluding carboxylic acids is 1. The number of benzene rings is 2. The highest BCUT2D eigenvalue weighted by atomic mass is 35.5. The number of hydrogen-bond acceptors (Lipinski definition) is 2. The van der Waals surface area contributed by atoms with E-state index >= 15 is 0 Å². The molecule has 0 saturated carbocycles. The highest BCUT2D eigenvalue weighted by Crippen LogP contribution is 2.11. The van der Waals surface area contributed by atoms with Crippen molar-refractivity contribution in [3.63, 3.8) is 0 Å². The van der Waals surface area contributed by atoms with E-state index in [1.54, 1.807) is 11.8 Å². The minimum absolute atomic E-state index is 0.0879. The van der Waals surface area contributed by atoms with Crippen LogP contribution in [0.4, 0.5) is 0 Å². The van der Waals surface area contributed by atoms with E-state index in [1.807, 2.05) is 42.5 Å². The van der Waals surface area contributed by atoms with Crippen LogP contribution >= 0.6 is 23.4 Å². The number of rotatable bonds is 7. The number of nitrogens with one attached hydrogen (secondary N) is 1. The lowest BCUT2D eigenvalue weighted by Gasteiger charge is -2.06. The van der Waals surface area contributed by atoms with Crippen LogP contribution < -0.4 is 5.32 Å². The molecule has 2 aromatic carbocycles. The third-order valence-electron chi connectivity index (χ3n) is 2.99. The van der Waals surface area contributed by atoms with Crippen LogP contribution in [-0.2, 0) is 17.0 Å². The Kier molecular flexibility index (Phi) is 6.64. The van der Waals surface area contributed by atoms with Crippen molar-refractivity contribution in [2.24, 2.45) is 0 Å². The van der Waals surface area contributed by atoms with Crippen molar-refractivity contribution in [1.82, 2.24) is 5.32 Å². The fraction of sp³-hybridized carbons (Fsp3) is 0.235. The molecule has 110 valence electrons. The maximum atomic E-state index is 11.7. The van der Waals surface area contributed by atoms with Crippen LogP contribution in [0.5, 0.6) is 0 Å². The Labute approximate surface area is 134 Å². The van der Waals surface area contributed by atoms with Gasteiger partial charge >= 0.3 is 0 Å². The zero-order chi connectivity index (χ0) is 14.9. The molecule has 0 spiro atoms. The number of carbonyl (C=O) groups is 1. The van der Waals surface area contributed by atoms with Gasteiger partial charge in [0.15, 0.2) is 0 Å². The quantitative estimate of drug-likeness (QED) is 0.837. The van der Waals surface area contributed by atoms with Gasteiger partial charge in [0.1, 0.15) is 0 Å². The van der Waals surface area contributed by atoms with E-state index in [-0.39, 0.29) is 5.91 Å². The molecule has 0 radical (unpaired) electrons. The highest BCUT2D eigenvalue weighted by molar-refractivity contribution is 7.99. The molecule has 1 amide bonds. The second-order valence-corrected chi connectivity index (χ2v) is 6.13. The van der Waals surface area contributed by atoms with E-state index in [0.717, 1.165) is 17.2 Å². The number of amides is 1. The molecule has 4 heteroatoms. The Morgan fingerprint density at radius 1 is 1.00 bits per heavy atom. The van der Waals surface area contributed by atoms with E-state index < -0.39 is 0 Å². The van der Waals surface area contributed by atoms with E-state index in [0.29, 0.717) is 12.3 Å². The topological polar surface area (TPSA) is 29.1 Å². The molecule has 0 saturated heterocycles. The van der Waals surface area contributed by atoms with Crippen molar-refractivity contribution in [2.45, 2.75) is 12.2 Å². The molecular weight excluding hydrogens is 302 g/mol. The van der Waals surface area contributed by atoms with Crippen molar-refractivity contribution < 1.29 is 4.79 Å². The first kappa shape index (κ1) is 15.9. The highest BCUT2D eigenvalue weighted by Gasteiger charge is 2.02. The van der Waals surface area contributed by atoms with E-state index in [4.69, 9.17) is 11.6 Å². The molecule has 0 aliphatic carbocycles. The molecule has 2 rings (SSSR count). The van der Waals surface area contributed by atoms with Gasteiger partial charge in [0.05, 0.1) is 5.75 Å². The molecule has 0 fully saturated rings. The Morgan fingerprint density at radius 3 is 2.43 bits per heavy atom. The smallest absolute Gasteiger partial charge is 0.230 e. The average Bonchev–Trinajstić information content (AvgIpc) is 2.50. The summed E-state index contributed by atoms with van der Waals surface area (Å²) in [4.78, 5) is 11.7. The van der Waals surface area contributed by atoms with Gasteiger partial charge in [-0.1, -0.05) is 54.1 Å². The molecule has 2 nitrogen and oxygen atoms in total. The van der Waals surface area contributed by atoms with Gasteiger partial charge in [-0.05, 0) is 29.7 Å². The molecule has 0 heterocycles.